The maximum absolute atomic E-state index is 11.4. The Hall–Kier alpha value is -1.05. The van der Waals surface area contributed by atoms with Crippen molar-refractivity contribution in [3.05, 3.63) is 24.0 Å². The molecule has 3 aliphatic rings. The van der Waals surface area contributed by atoms with Crippen molar-refractivity contribution >= 4 is 5.78 Å². The lowest BCUT2D eigenvalue weighted by atomic mass is 9.84. The van der Waals surface area contributed by atoms with E-state index in [1.54, 1.807) is 0 Å². The van der Waals surface area contributed by atoms with E-state index in [0.29, 0.717) is 17.6 Å². The van der Waals surface area contributed by atoms with Crippen molar-refractivity contribution in [1.29, 1.82) is 0 Å². The van der Waals surface area contributed by atoms with Gasteiger partial charge in [-0.05, 0) is 18.3 Å². The quantitative estimate of drug-likeness (QED) is 0.547. The van der Waals surface area contributed by atoms with Gasteiger partial charge in [-0.25, -0.2) is 0 Å². The highest BCUT2D eigenvalue weighted by Gasteiger charge is 2.52. The molecule has 0 amide bonds. The zero-order chi connectivity index (χ0) is 8.29. The molecule has 4 atom stereocenters. The van der Waals surface area contributed by atoms with Gasteiger partial charge in [-0.1, -0.05) is 12.2 Å². The Bertz CT molecular complexity index is 314. The smallest absolute Gasteiger partial charge is 0.163 e. The summed E-state index contributed by atoms with van der Waals surface area (Å²) >= 11 is 0. The van der Waals surface area contributed by atoms with Crippen LogP contribution in [-0.4, -0.2) is 10.9 Å². The minimum Gasteiger partial charge on any atom is -0.512 e. The highest BCUT2D eigenvalue weighted by Crippen LogP contribution is 2.53. The van der Waals surface area contributed by atoms with Gasteiger partial charge in [0.1, 0.15) is 5.76 Å². The maximum Gasteiger partial charge on any atom is 0.163 e. The lowest BCUT2D eigenvalue weighted by Crippen LogP contribution is -2.21. The number of hydrogen-bond donors (Lipinski definition) is 1. The normalized spacial score (nSPS) is 48.3. The molecular weight excluding hydrogens is 152 g/mol. The molecule has 0 aliphatic heterocycles. The van der Waals surface area contributed by atoms with Crippen molar-refractivity contribution in [2.45, 2.75) is 6.42 Å². The summed E-state index contributed by atoms with van der Waals surface area (Å²) in [4.78, 5) is 11.4. The van der Waals surface area contributed by atoms with E-state index in [0.717, 1.165) is 6.42 Å². The molecule has 2 nitrogen and oxygen atoms in total. The van der Waals surface area contributed by atoms with E-state index in [4.69, 9.17) is 0 Å². The minimum absolute atomic E-state index is 0.0833. The first kappa shape index (κ1) is 6.46. The molecule has 2 heteroatoms. The summed E-state index contributed by atoms with van der Waals surface area (Å²) in [5, 5.41) is 9.50. The number of allylic oxidation sites excluding steroid dienone is 4. The molecule has 0 radical (unpaired) electrons. The van der Waals surface area contributed by atoms with Crippen LogP contribution in [0.25, 0.3) is 0 Å². The van der Waals surface area contributed by atoms with Crippen LogP contribution in [0.4, 0.5) is 0 Å². The molecule has 12 heavy (non-hydrogen) atoms. The Morgan fingerprint density at radius 2 is 1.92 bits per heavy atom. The maximum atomic E-state index is 11.4. The second-order valence-electron chi connectivity index (χ2n) is 3.97. The topological polar surface area (TPSA) is 37.3 Å². The first-order valence-electron chi connectivity index (χ1n) is 4.40. The molecule has 0 aromatic rings. The third kappa shape index (κ3) is 0.554. The van der Waals surface area contributed by atoms with Gasteiger partial charge in [-0.2, -0.15) is 0 Å². The molecule has 3 aliphatic carbocycles. The lowest BCUT2D eigenvalue weighted by Gasteiger charge is -2.19. The van der Waals surface area contributed by atoms with Crippen molar-refractivity contribution in [3.63, 3.8) is 0 Å². The second-order valence-corrected chi connectivity index (χ2v) is 3.97. The summed E-state index contributed by atoms with van der Waals surface area (Å²) in [7, 11) is 0. The second kappa shape index (κ2) is 1.82. The number of fused-ring (bicyclic) bond motifs is 5. The van der Waals surface area contributed by atoms with E-state index in [-0.39, 0.29) is 17.6 Å². The van der Waals surface area contributed by atoms with Gasteiger partial charge < -0.3 is 5.11 Å². The molecule has 62 valence electrons. The lowest BCUT2D eigenvalue weighted by molar-refractivity contribution is -0.118. The van der Waals surface area contributed by atoms with Gasteiger partial charge in [0.25, 0.3) is 0 Å². The first-order chi connectivity index (χ1) is 5.77. The Kier molecular flexibility index (Phi) is 0.978. The van der Waals surface area contributed by atoms with Crippen LogP contribution in [0.1, 0.15) is 6.42 Å². The molecular formula is C10H10O2. The fraction of sp³-hybridized carbons (Fsp3) is 0.500. The van der Waals surface area contributed by atoms with E-state index in [2.05, 4.69) is 12.2 Å². The summed E-state index contributed by atoms with van der Waals surface area (Å²) in [5.74, 6) is 1.51. The van der Waals surface area contributed by atoms with Crippen LogP contribution >= 0.6 is 0 Å². The molecule has 4 unspecified atom stereocenters. The van der Waals surface area contributed by atoms with Crippen LogP contribution in [0, 0.1) is 23.7 Å². The zero-order valence-corrected chi connectivity index (χ0v) is 6.60. The van der Waals surface area contributed by atoms with Crippen molar-refractivity contribution < 1.29 is 9.90 Å². The van der Waals surface area contributed by atoms with Crippen LogP contribution in [0.5, 0.6) is 0 Å². The van der Waals surface area contributed by atoms with Gasteiger partial charge in [0.05, 0.1) is 0 Å². The van der Waals surface area contributed by atoms with E-state index >= 15 is 0 Å². The number of ketones is 1. The van der Waals surface area contributed by atoms with Crippen LogP contribution in [-0.2, 0) is 4.79 Å². The van der Waals surface area contributed by atoms with Crippen LogP contribution < -0.4 is 0 Å². The summed E-state index contributed by atoms with van der Waals surface area (Å²) in [5.41, 5.74) is 0. The Balaban J connectivity index is 2.09. The van der Waals surface area contributed by atoms with Crippen molar-refractivity contribution in [2.75, 3.05) is 0 Å². The van der Waals surface area contributed by atoms with Crippen LogP contribution in [0.2, 0.25) is 0 Å². The monoisotopic (exact) mass is 162 g/mol. The average Bonchev–Trinajstić information content (AvgIpc) is 2.64. The Labute approximate surface area is 70.6 Å². The molecule has 0 heterocycles. The predicted molar refractivity (Wildman–Crippen MR) is 43.4 cm³/mol. The molecule has 1 fully saturated rings. The molecule has 1 N–H and O–H groups in total. The van der Waals surface area contributed by atoms with Gasteiger partial charge in [-0.15, -0.1) is 0 Å². The van der Waals surface area contributed by atoms with Gasteiger partial charge in [0.2, 0.25) is 0 Å². The van der Waals surface area contributed by atoms with Crippen molar-refractivity contribution in [2.24, 2.45) is 23.7 Å². The Morgan fingerprint density at radius 1 is 1.25 bits per heavy atom. The average molecular weight is 162 g/mol. The SMILES string of the molecule is O=C1C=C(O)C2C3C=CC(C3)C12. The van der Waals surface area contributed by atoms with E-state index < -0.39 is 0 Å². The largest absolute Gasteiger partial charge is 0.512 e. The van der Waals surface area contributed by atoms with Gasteiger partial charge in [0, 0.05) is 17.9 Å². The molecule has 0 aromatic carbocycles. The number of aliphatic hydroxyl groups is 1. The number of aliphatic hydroxyl groups excluding tert-OH is 1. The summed E-state index contributed by atoms with van der Waals surface area (Å²) in [6, 6.07) is 0. The van der Waals surface area contributed by atoms with E-state index in [1.165, 1.54) is 6.08 Å². The molecule has 1 saturated carbocycles. The van der Waals surface area contributed by atoms with Crippen LogP contribution in [0.3, 0.4) is 0 Å². The highest BCUT2D eigenvalue weighted by molar-refractivity contribution is 5.96. The molecule has 0 spiro atoms. The minimum atomic E-state index is 0.0833. The van der Waals surface area contributed by atoms with Gasteiger partial charge in [-0.3, -0.25) is 4.79 Å². The number of carbonyl (C=O) groups is 1. The summed E-state index contributed by atoms with van der Waals surface area (Å²) in [6.07, 6.45) is 6.77. The predicted octanol–water partition coefficient (Wildman–Crippen LogP) is 1.45. The number of carbonyl (C=O) groups excluding carboxylic acids is 1. The molecule has 0 saturated heterocycles. The summed E-state index contributed by atoms with van der Waals surface area (Å²) in [6.45, 7) is 0. The first-order valence-corrected chi connectivity index (χ1v) is 4.40. The van der Waals surface area contributed by atoms with E-state index in [1.807, 2.05) is 0 Å². The van der Waals surface area contributed by atoms with Gasteiger partial charge in [0.15, 0.2) is 5.78 Å². The van der Waals surface area contributed by atoms with Crippen molar-refractivity contribution in [3.8, 4) is 0 Å². The number of hydrogen-bond acceptors (Lipinski definition) is 2. The van der Waals surface area contributed by atoms with E-state index in [9.17, 15) is 9.90 Å². The molecule has 0 aromatic heterocycles. The summed E-state index contributed by atoms with van der Waals surface area (Å²) < 4.78 is 0. The molecule has 2 bridgehead atoms. The highest BCUT2D eigenvalue weighted by atomic mass is 16.3. The van der Waals surface area contributed by atoms with Crippen LogP contribution in [0.15, 0.2) is 24.0 Å². The van der Waals surface area contributed by atoms with Crippen molar-refractivity contribution in [1.82, 2.24) is 0 Å². The standard InChI is InChI=1S/C10H10O2/c11-7-4-8(12)10-6-2-1-5(3-6)9(7)10/h1-2,4-6,9-11H,3H2. The third-order valence-corrected chi connectivity index (χ3v) is 3.42. The fourth-order valence-electron chi connectivity index (χ4n) is 2.95. The Morgan fingerprint density at radius 3 is 2.58 bits per heavy atom. The zero-order valence-electron chi connectivity index (χ0n) is 6.60. The number of rotatable bonds is 0. The fourth-order valence-corrected chi connectivity index (χ4v) is 2.95. The third-order valence-electron chi connectivity index (χ3n) is 3.42. The van der Waals surface area contributed by atoms with Gasteiger partial charge >= 0.3 is 0 Å². The molecule has 3 rings (SSSR count).